The average Bonchev–Trinajstić information content (AvgIpc) is 2.95. The highest BCUT2D eigenvalue weighted by Crippen LogP contribution is 2.33. The van der Waals surface area contributed by atoms with Gasteiger partial charge in [-0.25, -0.2) is 4.98 Å². The Morgan fingerprint density at radius 1 is 1.25 bits per heavy atom. The number of rotatable bonds is 3. The number of carbonyl (C=O) groups is 1. The second-order valence-electron chi connectivity index (χ2n) is 4.50. The van der Waals surface area contributed by atoms with Gasteiger partial charge in [0, 0.05) is 10.4 Å². The summed E-state index contributed by atoms with van der Waals surface area (Å²) in [7, 11) is 0. The van der Waals surface area contributed by atoms with Gasteiger partial charge in [0.2, 0.25) is 0 Å². The molecule has 5 heteroatoms. The Morgan fingerprint density at radius 3 is 2.75 bits per heavy atom. The van der Waals surface area contributed by atoms with Gasteiger partial charge in [-0.15, -0.1) is 11.3 Å². The van der Waals surface area contributed by atoms with Crippen molar-refractivity contribution in [2.75, 3.05) is 0 Å². The highest BCUT2D eigenvalue weighted by Gasteiger charge is 2.20. The highest BCUT2D eigenvalue weighted by atomic mass is 32.1. The molecular formula is C15H12N2O2S. The fourth-order valence-electron chi connectivity index (χ4n) is 2.07. The van der Waals surface area contributed by atoms with Crippen LogP contribution < -0.4 is 0 Å². The Hall–Kier alpha value is -2.27. The van der Waals surface area contributed by atoms with E-state index in [9.17, 15) is 4.79 Å². The van der Waals surface area contributed by atoms with Crippen molar-refractivity contribution in [1.29, 1.82) is 0 Å². The summed E-state index contributed by atoms with van der Waals surface area (Å²) in [5.74, 6) is -1.37. The molecule has 0 radical (unpaired) electrons. The van der Waals surface area contributed by atoms with Crippen LogP contribution in [0, 0.1) is 0 Å². The van der Waals surface area contributed by atoms with Gasteiger partial charge in [0.15, 0.2) is 0 Å². The van der Waals surface area contributed by atoms with E-state index in [1.54, 1.807) is 13.1 Å². The van der Waals surface area contributed by atoms with Crippen molar-refractivity contribution in [1.82, 2.24) is 9.97 Å². The van der Waals surface area contributed by atoms with E-state index >= 15 is 0 Å². The van der Waals surface area contributed by atoms with E-state index in [0.29, 0.717) is 5.69 Å². The van der Waals surface area contributed by atoms with E-state index in [1.165, 1.54) is 11.3 Å². The van der Waals surface area contributed by atoms with Crippen molar-refractivity contribution in [2.45, 2.75) is 12.8 Å². The largest absolute Gasteiger partial charge is 0.481 e. The van der Waals surface area contributed by atoms with Gasteiger partial charge in [0.25, 0.3) is 0 Å². The number of carboxylic acids is 1. The van der Waals surface area contributed by atoms with Gasteiger partial charge >= 0.3 is 5.97 Å². The van der Waals surface area contributed by atoms with Crippen LogP contribution in [0.1, 0.15) is 17.7 Å². The molecule has 0 fully saturated rings. The third kappa shape index (κ3) is 2.16. The first-order chi connectivity index (χ1) is 9.66. The number of aromatic nitrogens is 2. The van der Waals surface area contributed by atoms with Gasteiger partial charge in [-0.2, -0.15) is 0 Å². The summed E-state index contributed by atoms with van der Waals surface area (Å²) in [6, 6.07) is 9.53. The van der Waals surface area contributed by atoms with E-state index in [2.05, 4.69) is 9.97 Å². The summed E-state index contributed by atoms with van der Waals surface area (Å²) >= 11 is 1.44. The molecule has 0 amide bonds. The Balaban J connectivity index is 2.12. The van der Waals surface area contributed by atoms with Gasteiger partial charge in [0.05, 0.1) is 28.8 Å². The number of hydrogen-bond acceptors (Lipinski definition) is 4. The van der Waals surface area contributed by atoms with E-state index in [4.69, 9.17) is 5.11 Å². The number of para-hydroxylation sites is 2. The van der Waals surface area contributed by atoms with Crippen LogP contribution in [0.2, 0.25) is 0 Å². The smallest absolute Gasteiger partial charge is 0.311 e. The molecule has 2 heterocycles. The topological polar surface area (TPSA) is 63.1 Å². The molecule has 4 nitrogen and oxygen atoms in total. The molecule has 100 valence electrons. The summed E-state index contributed by atoms with van der Waals surface area (Å²) in [5, 5.41) is 11.1. The molecule has 3 rings (SSSR count). The molecule has 0 aliphatic rings. The highest BCUT2D eigenvalue weighted by molar-refractivity contribution is 7.10. The SMILES string of the molecule is CC(C(=O)O)c1sccc1-c1cnc2ccccc2n1. The quantitative estimate of drug-likeness (QED) is 0.799. The second-order valence-corrected chi connectivity index (χ2v) is 5.45. The van der Waals surface area contributed by atoms with Crippen molar-refractivity contribution in [3.63, 3.8) is 0 Å². The monoisotopic (exact) mass is 284 g/mol. The molecule has 0 bridgehead atoms. The zero-order valence-electron chi connectivity index (χ0n) is 10.8. The second kappa shape index (κ2) is 5.02. The number of carboxylic acid groups (broad SMARTS) is 1. The van der Waals surface area contributed by atoms with Crippen LogP contribution in [0.3, 0.4) is 0 Å². The number of fused-ring (bicyclic) bond motifs is 1. The van der Waals surface area contributed by atoms with Gasteiger partial charge < -0.3 is 5.11 Å². The molecule has 3 aromatic rings. The molecule has 0 aliphatic heterocycles. The van der Waals surface area contributed by atoms with Crippen LogP contribution in [0.5, 0.6) is 0 Å². The Morgan fingerprint density at radius 2 is 2.00 bits per heavy atom. The minimum absolute atomic E-state index is 0.543. The van der Waals surface area contributed by atoms with Crippen molar-refractivity contribution in [3.05, 3.63) is 46.8 Å². The Kier molecular flexibility index (Phi) is 3.20. The first-order valence-corrected chi connectivity index (χ1v) is 7.07. The van der Waals surface area contributed by atoms with Crippen LogP contribution in [0.15, 0.2) is 41.9 Å². The third-order valence-electron chi connectivity index (χ3n) is 3.18. The molecule has 1 atom stereocenters. The summed E-state index contributed by atoms with van der Waals surface area (Å²) < 4.78 is 0. The molecule has 0 spiro atoms. The molecule has 1 N–H and O–H groups in total. The van der Waals surface area contributed by atoms with Crippen LogP contribution in [0.4, 0.5) is 0 Å². The maximum Gasteiger partial charge on any atom is 0.311 e. The number of hydrogen-bond donors (Lipinski definition) is 1. The summed E-state index contributed by atoms with van der Waals surface area (Å²) in [6.07, 6.45) is 1.70. The average molecular weight is 284 g/mol. The van der Waals surface area contributed by atoms with Gasteiger partial charge in [-0.05, 0) is 30.5 Å². The molecule has 20 heavy (non-hydrogen) atoms. The molecule has 1 unspecified atom stereocenters. The Labute approximate surface area is 119 Å². The minimum atomic E-state index is -0.831. The molecule has 1 aromatic carbocycles. The summed E-state index contributed by atoms with van der Waals surface area (Å²) in [6.45, 7) is 1.69. The fraction of sp³-hybridized carbons (Fsp3) is 0.133. The number of nitrogens with zero attached hydrogens (tertiary/aromatic N) is 2. The Bertz CT molecular complexity index is 782. The van der Waals surface area contributed by atoms with Crippen molar-refractivity contribution in [3.8, 4) is 11.3 Å². The van der Waals surface area contributed by atoms with Gasteiger partial charge in [-0.1, -0.05) is 12.1 Å². The van der Waals surface area contributed by atoms with E-state index in [0.717, 1.165) is 21.5 Å². The maximum absolute atomic E-state index is 11.2. The lowest BCUT2D eigenvalue weighted by molar-refractivity contribution is -0.138. The fourth-order valence-corrected chi connectivity index (χ4v) is 3.02. The van der Waals surface area contributed by atoms with E-state index < -0.39 is 11.9 Å². The van der Waals surface area contributed by atoms with Crippen molar-refractivity contribution < 1.29 is 9.90 Å². The maximum atomic E-state index is 11.2. The van der Waals surface area contributed by atoms with Crippen LogP contribution in [-0.4, -0.2) is 21.0 Å². The van der Waals surface area contributed by atoms with E-state index in [1.807, 2.05) is 35.7 Å². The predicted octanol–water partition coefficient (Wildman–Crippen LogP) is 3.55. The van der Waals surface area contributed by atoms with Crippen LogP contribution >= 0.6 is 11.3 Å². The zero-order chi connectivity index (χ0) is 14.1. The molecule has 2 aromatic heterocycles. The minimum Gasteiger partial charge on any atom is -0.481 e. The lowest BCUT2D eigenvalue weighted by Crippen LogP contribution is -2.06. The lowest BCUT2D eigenvalue weighted by Gasteiger charge is -2.07. The first kappa shape index (κ1) is 12.7. The summed E-state index contributed by atoms with van der Waals surface area (Å²) in [4.78, 5) is 20.9. The van der Waals surface area contributed by atoms with Crippen molar-refractivity contribution in [2.24, 2.45) is 0 Å². The van der Waals surface area contributed by atoms with Crippen LogP contribution in [-0.2, 0) is 4.79 Å². The number of aliphatic carboxylic acids is 1. The van der Waals surface area contributed by atoms with Gasteiger partial charge in [0.1, 0.15) is 0 Å². The number of benzene rings is 1. The van der Waals surface area contributed by atoms with Crippen LogP contribution in [0.25, 0.3) is 22.3 Å². The third-order valence-corrected chi connectivity index (χ3v) is 4.28. The standard InChI is InChI=1S/C15H12N2O2S/c1-9(15(18)19)14-10(6-7-20-14)13-8-16-11-4-2-3-5-12(11)17-13/h2-9H,1H3,(H,18,19). The first-order valence-electron chi connectivity index (χ1n) is 6.19. The summed E-state index contributed by atoms with van der Waals surface area (Å²) in [5.41, 5.74) is 3.21. The molecular weight excluding hydrogens is 272 g/mol. The normalized spacial score (nSPS) is 12.4. The molecule has 0 aliphatic carbocycles. The van der Waals surface area contributed by atoms with E-state index in [-0.39, 0.29) is 0 Å². The lowest BCUT2D eigenvalue weighted by atomic mass is 10.0. The predicted molar refractivity (Wildman–Crippen MR) is 78.9 cm³/mol. The van der Waals surface area contributed by atoms with Gasteiger partial charge in [-0.3, -0.25) is 9.78 Å². The number of thiophene rings is 1. The molecule has 0 saturated heterocycles. The molecule has 0 saturated carbocycles. The zero-order valence-corrected chi connectivity index (χ0v) is 11.6. The van der Waals surface area contributed by atoms with Crippen molar-refractivity contribution >= 4 is 28.3 Å².